The largest absolute Gasteiger partial charge is 0.313 e. The molecule has 2 nitrogen and oxygen atoms in total. The first-order chi connectivity index (χ1) is 6.52. The van der Waals surface area contributed by atoms with Gasteiger partial charge in [0.05, 0.1) is 6.54 Å². The molecule has 0 aliphatic carbocycles. The number of carbonyl (C=O) groups excluding carboxylic acids is 1. The first kappa shape index (κ1) is 13.3. The summed E-state index contributed by atoms with van der Waals surface area (Å²) in [6.07, 6.45) is 3.46. The Morgan fingerprint density at radius 3 is 2.43 bits per heavy atom. The topological polar surface area (TPSA) is 29.1 Å². The second-order valence-electron chi connectivity index (χ2n) is 3.10. The molecule has 1 N–H and O–H groups in total. The third-order valence-corrected chi connectivity index (χ3v) is 2.21. The van der Waals surface area contributed by atoms with Crippen molar-refractivity contribution in [1.82, 2.24) is 5.32 Å². The standard InChI is InChI=1S/C11H16BrNO/c1-5-9(12)6-10(8(2)3)11(14)7-13-4/h5-6,13H,1,7H2,2-4H3/b9-6+. The van der Waals surface area contributed by atoms with Crippen molar-refractivity contribution in [3.8, 4) is 0 Å². The zero-order valence-electron chi connectivity index (χ0n) is 8.86. The minimum atomic E-state index is 0.0892. The Hall–Kier alpha value is -0.670. The van der Waals surface area contributed by atoms with E-state index in [4.69, 9.17) is 0 Å². The lowest BCUT2D eigenvalue weighted by Crippen LogP contribution is -2.20. The zero-order chi connectivity index (χ0) is 11.1. The molecule has 0 aromatic heterocycles. The minimum absolute atomic E-state index is 0.0892. The van der Waals surface area contributed by atoms with E-state index in [2.05, 4.69) is 27.8 Å². The number of nitrogens with one attached hydrogen (secondary N) is 1. The van der Waals surface area contributed by atoms with Crippen molar-refractivity contribution >= 4 is 21.7 Å². The quantitative estimate of drug-likeness (QED) is 0.606. The van der Waals surface area contributed by atoms with Crippen LogP contribution in [0.15, 0.2) is 34.4 Å². The Kier molecular flexibility index (Phi) is 6.41. The molecule has 0 amide bonds. The minimum Gasteiger partial charge on any atom is -0.313 e. The van der Waals surface area contributed by atoms with Gasteiger partial charge in [-0.05, 0) is 27.0 Å². The van der Waals surface area contributed by atoms with Gasteiger partial charge in [0, 0.05) is 10.1 Å². The maximum absolute atomic E-state index is 11.6. The van der Waals surface area contributed by atoms with Gasteiger partial charge in [-0.1, -0.05) is 34.2 Å². The molecule has 0 bridgehead atoms. The Morgan fingerprint density at radius 1 is 1.50 bits per heavy atom. The van der Waals surface area contributed by atoms with E-state index in [1.807, 2.05) is 13.8 Å². The summed E-state index contributed by atoms with van der Waals surface area (Å²) in [5, 5.41) is 2.84. The van der Waals surface area contributed by atoms with Crippen molar-refractivity contribution in [2.24, 2.45) is 0 Å². The number of ketones is 1. The molecule has 0 radical (unpaired) electrons. The second kappa shape index (κ2) is 6.74. The molecule has 0 unspecified atom stereocenters. The molecule has 78 valence electrons. The van der Waals surface area contributed by atoms with E-state index in [1.165, 1.54) is 0 Å². The van der Waals surface area contributed by atoms with Crippen LogP contribution in [0.1, 0.15) is 13.8 Å². The molecule has 0 aliphatic heterocycles. The van der Waals surface area contributed by atoms with E-state index in [9.17, 15) is 4.79 Å². The number of hydrogen-bond donors (Lipinski definition) is 1. The highest BCUT2D eigenvalue weighted by Gasteiger charge is 2.07. The van der Waals surface area contributed by atoms with Crippen molar-refractivity contribution in [1.29, 1.82) is 0 Å². The van der Waals surface area contributed by atoms with Gasteiger partial charge in [0.15, 0.2) is 5.78 Å². The lowest BCUT2D eigenvalue weighted by atomic mass is 10.1. The van der Waals surface area contributed by atoms with Gasteiger partial charge in [0.1, 0.15) is 0 Å². The molecule has 0 atom stereocenters. The van der Waals surface area contributed by atoms with Crippen molar-refractivity contribution < 1.29 is 4.79 Å². The van der Waals surface area contributed by atoms with Gasteiger partial charge >= 0.3 is 0 Å². The van der Waals surface area contributed by atoms with Crippen LogP contribution in [-0.4, -0.2) is 19.4 Å². The van der Waals surface area contributed by atoms with Crippen LogP contribution in [0.3, 0.4) is 0 Å². The predicted octanol–water partition coefficient (Wildman–Crippen LogP) is 2.58. The number of rotatable bonds is 5. The summed E-state index contributed by atoms with van der Waals surface area (Å²) in [4.78, 5) is 11.6. The number of likely N-dealkylation sites (N-methyl/N-ethyl adjacent to an activating group) is 1. The monoisotopic (exact) mass is 257 g/mol. The van der Waals surface area contributed by atoms with E-state index in [0.717, 1.165) is 15.6 Å². The Bertz CT molecular complexity index is 286. The fraction of sp³-hybridized carbons (Fsp3) is 0.364. The molecule has 0 spiro atoms. The molecular weight excluding hydrogens is 242 g/mol. The summed E-state index contributed by atoms with van der Waals surface area (Å²) in [5.41, 5.74) is 1.73. The van der Waals surface area contributed by atoms with Crippen LogP contribution < -0.4 is 5.32 Å². The summed E-state index contributed by atoms with van der Waals surface area (Å²) in [7, 11) is 1.76. The maximum atomic E-state index is 11.6. The van der Waals surface area contributed by atoms with Gasteiger partial charge in [0.2, 0.25) is 0 Å². The predicted molar refractivity (Wildman–Crippen MR) is 64.5 cm³/mol. The van der Waals surface area contributed by atoms with Crippen LogP contribution in [0.4, 0.5) is 0 Å². The SMILES string of the molecule is C=C/C(Br)=C\C(C(=O)CNC)=C(C)C. The fourth-order valence-electron chi connectivity index (χ4n) is 0.956. The highest BCUT2D eigenvalue weighted by molar-refractivity contribution is 9.11. The van der Waals surface area contributed by atoms with Crippen LogP contribution in [0, 0.1) is 0 Å². The number of Topliss-reactive ketones (excluding diaryl/α,β-unsaturated/α-hetero) is 1. The van der Waals surface area contributed by atoms with E-state index in [1.54, 1.807) is 19.2 Å². The molecule has 0 aliphatic rings. The summed E-state index contributed by atoms with van der Waals surface area (Å²) in [6.45, 7) is 7.81. The summed E-state index contributed by atoms with van der Waals surface area (Å²) < 4.78 is 0.818. The van der Waals surface area contributed by atoms with Crippen molar-refractivity contribution in [2.75, 3.05) is 13.6 Å². The first-order valence-electron chi connectivity index (χ1n) is 4.37. The molecule has 0 saturated carbocycles. The molecule has 0 saturated heterocycles. The maximum Gasteiger partial charge on any atom is 0.176 e. The van der Waals surface area contributed by atoms with Crippen LogP contribution >= 0.6 is 15.9 Å². The average Bonchev–Trinajstić information content (AvgIpc) is 2.13. The summed E-state index contributed by atoms with van der Waals surface area (Å²) in [5.74, 6) is 0.0892. The zero-order valence-corrected chi connectivity index (χ0v) is 10.4. The van der Waals surface area contributed by atoms with Crippen LogP contribution in [-0.2, 0) is 4.79 Å². The first-order valence-corrected chi connectivity index (χ1v) is 5.17. The normalized spacial score (nSPS) is 11.0. The van der Waals surface area contributed by atoms with E-state index >= 15 is 0 Å². The Labute approximate surface area is 93.9 Å². The molecule has 0 heterocycles. The third-order valence-electron chi connectivity index (χ3n) is 1.65. The summed E-state index contributed by atoms with van der Waals surface area (Å²) in [6, 6.07) is 0. The van der Waals surface area contributed by atoms with Crippen molar-refractivity contribution in [3.63, 3.8) is 0 Å². The van der Waals surface area contributed by atoms with Crippen LogP contribution in [0.25, 0.3) is 0 Å². The van der Waals surface area contributed by atoms with Gasteiger partial charge in [-0.25, -0.2) is 0 Å². The highest BCUT2D eigenvalue weighted by Crippen LogP contribution is 2.14. The summed E-state index contributed by atoms with van der Waals surface area (Å²) >= 11 is 3.30. The third kappa shape index (κ3) is 4.53. The highest BCUT2D eigenvalue weighted by atomic mass is 79.9. The average molecular weight is 258 g/mol. The van der Waals surface area contributed by atoms with Crippen molar-refractivity contribution in [2.45, 2.75) is 13.8 Å². The van der Waals surface area contributed by atoms with E-state index < -0.39 is 0 Å². The fourth-order valence-corrected chi connectivity index (χ4v) is 1.19. The molecule has 0 aromatic rings. The smallest absolute Gasteiger partial charge is 0.176 e. The Balaban J connectivity index is 4.91. The molecule has 0 fully saturated rings. The van der Waals surface area contributed by atoms with Gasteiger partial charge in [0.25, 0.3) is 0 Å². The number of halogens is 1. The number of carbonyl (C=O) groups is 1. The van der Waals surface area contributed by atoms with Crippen LogP contribution in [0.2, 0.25) is 0 Å². The second-order valence-corrected chi connectivity index (χ2v) is 4.02. The van der Waals surface area contributed by atoms with Gasteiger partial charge < -0.3 is 5.32 Å². The Morgan fingerprint density at radius 2 is 2.07 bits per heavy atom. The van der Waals surface area contributed by atoms with Crippen molar-refractivity contribution in [3.05, 3.63) is 34.4 Å². The van der Waals surface area contributed by atoms with E-state index in [0.29, 0.717) is 6.54 Å². The molecule has 14 heavy (non-hydrogen) atoms. The van der Waals surface area contributed by atoms with E-state index in [-0.39, 0.29) is 5.78 Å². The number of hydrogen-bond acceptors (Lipinski definition) is 2. The molecule has 0 rings (SSSR count). The molecule has 0 aromatic carbocycles. The lowest BCUT2D eigenvalue weighted by Gasteiger charge is -2.04. The number of allylic oxidation sites excluding steroid dienone is 4. The molecule has 3 heteroatoms. The van der Waals surface area contributed by atoms with Crippen LogP contribution in [0.5, 0.6) is 0 Å². The van der Waals surface area contributed by atoms with Gasteiger partial charge in [-0.3, -0.25) is 4.79 Å². The van der Waals surface area contributed by atoms with Gasteiger partial charge in [-0.15, -0.1) is 0 Å². The van der Waals surface area contributed by atoms with Gasteiger partial charge in [-0.2, -0.15) is 0 Å². The molecular formula is C11H16BrNO. The lowest BCUT2D eigenvalue weighted by molar-refractivity contribution is -0.114.